The van der Waals surface area contributed by atoms with Crippen molar-refractivity contribution in [3.63, 3.8) is 0 Å². The van der Waals surface area contributed by atoms with E-state index in [1.807, 2.05) is 11.0 Å². The van der Waals surface area contributed by atoms with Gasteiger partial charge in [-0.05, 0) is 37.8 Å². The first-order chi connectivity index (χ1) is 11.6. The quantitative estimate of drug-likeness (QED) is 0.855. The highest BCUT2D eigenvalue weighted by atomic mass is 32.1. The summed E-state index contributed by atoms with van der Waals surface area (Å²) in [6.07, 6.45) is 3.82. The number of carbonyl (C=O) groups is 2. The van der Waals surface area contributed by atoms with Crippen LogP contribution in [0.4, 0.5) is 0 Å². The molecule has 1 aromatic heterocycles. The lowest BCUT2D eigenvalue weighted by atomic mass is 10.2. The minimum absolute atomic E-state index is 0.161. The number of nitrogens with zero attached hydrogens (tertiary/aromatic N) is 2. The van der Waals surface area contributed by atoms with Gasteiger partial charge in [0.1, 0.15) is 0 Å². The van der Waals surface area contributed by atoms with Crippen molar-refractivity contribution in [1.29, 1.82) is 0 Å². The fourth-order valence-electron chi connectivity index (χ4n) is 3.09. The Morgan fingerprint density at radius 3 is 2.54 bits per heavy atom. The smallest absolute Gasteiger partial charge is 0.264 e. The maximum Gasteiger partial charge on any atom is 0.264 e. The van der Waals surface area contributed by atoms with Gasteiger partial charge in [0.2, 0.25) is 5.91 Å². The van der Waals surface area contributed by atoms with Crippen LogP contribution in [0.15, 0.2) is 6.07 Å². The molecule has 0 atom stereocenters. The summed E-state index contributed by atoms with van der Waals surface area (Å²) in [7, 11) is 0. The Balaban J connectivity index is 1.43. The Labute approximate surface area is 148 Å². The molecule has 132 valence electrons. The number of aryl methyl sites for hydroxylation is 2. The van der Waals surface area contributed by atoms with Crippen molar-refractivity contribution >= 4 is 23.2 Å². The lowest BCUT2D eigenvalue weighted by molar-refractivity contribution is -0.121. The standard InChI is InChI=1S/C18H27N3O2S/c1-3-15-13(2)12-16(24-15)18(23)21-10-8-20(9-11-21)7-6-17(22)19-14-4-5-14/h12,14H,3-11H2,1-2H3,(H,19,22). The molecule has 1 N–H and O–H groups in total. The van der Waals surface area contributed by atoms with Gasteiger partial charge in [0.15, 0.2) is 0 Å². The SMILES string of the molecule is CCc1sc(C(=O)N2CCN(CCC(=O)NC3CC3)CC2)cc1C. The molecular weight excluding hydrogens is 322 g/mol. The Hall–Kier alpha value is -1.40. The van der Waals surface area contributed by atoms with Gasteiger partial charge in [-0.15, -0.1) is 11.3 Å². The van der Waals surface area contributed by atoms with Crippen LogP contribution in [0, 0.1) is 6.92 Å². The highest BCUT2D eigenvalue weighted by Crippen LogP contribution is 2.24. The number of hydrogen-bond donors (Lipinski definition) is 1. The van der Waals surface area contributed by atoms with Gasteiger partial charge in [-0.3, -0.25) is 14.5 Å². The molecule has 1 aliphatic heterocycles. The molecule has 0 spiro atoms. The van der Waals surface area contributed by atoms with Crippen LogP contribution in [0.25, 0.3) is 0 Å². The van der Waals surface area contributed by atoms with E-state index in [2.05, 4.69) is 24.1 Å². The van der Waals surface area contributed by atoms with Gasteiger partial charge < -0.3 is 10.2 Å². The van der Waals surface area contributed by atoms with Crippen molar-refractivity contribution in [1.82, 2.24) is 15.1 Å². The molecule has 1 saturated carbocycles. The Bertz CT molecular complexity index is 601. The van der Waals surface area contributed by atoms with Gasteiger partial charge in [0, 0.05) is 50.1 Å². The minimum Gasteiger partial charge on any atom is -0.353 e. The van der Waals surface area contributed by atoms with Crippen LogP contribution in [-0.2, 0) is 11.2 Å². The summed E-state index contributed by atoms with van der Waals surface area (Å²) in [5.74, 6) is 0.325. The lowest BCUT2D eigenvalue weighted by Crippen LogP contribution is -2.49. The molecule has 0 bridgehead atoms. The van der Waals surface area contributed by atoms with Crippen LogP contribution in [0.5, 0.6) is 0 Å². The average molecular weight is 350 g/mol. The summed E-state index contributed by atoms with van der Waals surface area (Å²) in [6.45, 7) is 8.21. The zero-order valence-electron chi connectivity index (χ0n) is 14.6. The van der Waals surface area contributed by atoms with E-state index in [4.69, 9.17) is 0 Å². The van der Waals surface area contributed by atoms with E-state index in [1.165, 1.54) is 10.4 Å². The maximum atomic E-state index is 12.6. The zero-order chi connectivity index (χ0) is 17.1. The summed E-state index contributed by atoms with van der Waals surface area (Å²) in [6, 6.07) is 2.47. The third kappa shape index (κ3) is 4.36. The van der Waals surface area contributed by atoms with Crippen LogP contribution in [-0.4, -0.2) is 60.4 Å². The second-order valence-corrected chi connectivity index (χ2v) is 7.93. The molecule has 0 radical (unpaired) electrons. The van der Waals surface area contributed by atoms with Gasteiger partial charge in [-0.25, -0.2) is 0 Å². The summed E-state index contributed by atoms with van der Waals surface area (Å²) in [4.78, 5) is 30.8. The highest BCUT2D eigenvalue weighted by Gasteiger charge is 2.25. The molecule has 1 saturated heterocycles. The molecule has 2 fully saturated rings. The van der Waals surface area contributed by atoms with E-state index in [0.29, 0.717) is 12.5 Å². The van der Waals surface area contributed by atoms with Gasteiger partial charge in [-0.1, -0.05) is 6.92 Å². The molecule has 2 amide bonds. The molecule has 0 unspecified atom stereocenters. The Morgan fingerprint density at radius 2 is 1.96 bits per heavy atom. The van der Waals surface area contributed by atoms with E-state index in [9.17, 15) is 9.59 Å². The summed E-state index contributed by atoms with van der Waals surface area (Å²) in [5, 5.41) is 3.03. The molecule has 2 aliphatic rings. The fraction of sp³-hybridized carbons (Fsp3) is 0.667. The summed E-state index contributed by atoms with van der Waals surface area (Å²) >= 11 is 1.63. The fourth-order valence-corrected chi connectivity index (χ4v) is 4.18. The Morgan fingerprint density at radius 1 is 1.25 bits per heavy atom. The second kappa shape index (κ2) is 7.66. The van der Waals surface area contributed by atoms with Gasteiger partial charge in [0.05, 0.1) is 4.88 Å². The van der Waals surface area contributed by atoms with E-state index < -0.39 is 0 Å². The van der Waals surface area contributed by atoms with Crippen LogP contribution in [0.1, 0.15) is 46.3 Å². The average Bonchev–Trinajstić information content (AvgIpc) is 3.32. The molecule has 0 aromatic carbocycles. The molecule has 6 heteroatoms. The molecular formula is C18H27N3O2S. The van der Waals surface area contributed by atoms with E-state index in [1.54, 1.807) is 11.3 Å². The van der Waals surface area contributed by atoms with Crippen molar-refractivity contribution in [2.75, 3.05) is 32.7 Å². The van der Waals surface area contributed by atoms with E-state index in [-0.39, 0.29) is 11.8 Å². The molecule has 24 heavy (non-hydrogen) atoms. The zero-order valence-corrected chi connectivity index (χ0v) is 15.5. The van der Waals surface area contributed by atoms with Crippen molar-refractivity contribution in [3.05, 3.63) is 21.4 Å². The molecule has 1 aliphatic carbocycles. The summed E-state index contributed by atoms with van der Waals surface area (Å²) in [5.41, 5.74) is 1.23. The van der Waals surface area contributed by atoms with Crippen molar-refractivity contribution < 1.29 is 9.59 Å². The monoisotopic (exact) mass is 349 g/mol. The lowest BCUT2D eigenvalue weighted by Gasteiger charge is -2.34. The number of nitrogens with one attached hydrogen (secondary N) is 1. The number of carbonyl (C=O) groups excluding carboxylic acids is 2. The summed E-state index contributed by atoms with van der Waals surface area (Å²) < 4.78 is 0. The topological polar surface area (TPSA) is 52.7 Å². The van der Waals surface area contributed by atoms with Crippen LogP contribution in [0.3, 0.4) is 0 Å². The van der Waals surface area contributed by atoms with Gasteiger partial charge in [-0.2, -0.15) is 0 Å². The normalized spacial score (nSPS) is 18.7. The third-order valence-corrected chi connectivity index (χ3v) is 6.18. The number of amides is 2. The first-order valence-electron chi connectivity index (χ1n) is 8.97. The third-order valence-electron chi connectivity index (χ3n) is 4.81. The van der Waals surface area contributed by atoms with Crippen LogP contribution in [0.2, 0.25) is 0 Å². The predicted molar refractivity (Wildman–Crippen MR) is 96.6 cm³/mol. The first kappa shape index (κ1) is 17.4. The largest absolute Gasteiger partial charge is 0.353 e. The number of rotatable bonds is 6. The van der Waals surface area contributed by atoms with E-state index in [0.717, 1.165) is 56.9 Å². The molecule has 3 rings (SSSR count). The molecule has 1 aromatic rings. The molecule has 5 nitrogen and oxygen atoms in total. The van der Waals surface area contributed by atoms with Crippen molar-refractivity contribution in [2.45, 2.75) is 45.6 Å². The van der Waals surface area contributed by atoms with Crippen LogP contribution < -0.4 is 5.32 Å². The second-order valence-electron chi connectivity index (χ2n) is 6.80. The maximum absolute atomic E-state index is 12.6. The number of hydrogen-bond acceptors (Lipinski definition) is 4. The molecule has 2 heterocycles. The predicted octanol–water partition coefficient (Wildman–Crippen LogP) is 2.05. The minimum atomic E-state index is 0.161. The highest BCUT2D eigenvalue weighted by molar-refractivity contribution is 7.14. The number of piperazine rings is 1. The van der Waals surface area contributed by atoms with Gasteiger partial charge >= 0.3 is 0 Å². The van der Waals surface area contributed by atoms with Crippen molar-refractivity contribution in [3.8, 4) is 0 Å². The van der Waals surface area contributed by atoms with E-state index >= 15 is 0 Å². The van der Waals surface area contributed by atoms with Crippen molar-refractivity contribution in [2.24, 2.45) is 0 Å². The van der Waals surface area contributed by atoms with Crippen LogP contribution >= 0.6 is 11.3 Å². The van der Waals surface area contributed by atoms with Gasteiger partial charge in [0.25, 0.3) is 5.91 Å². The first-order valence-corrected chi connectivity index (χ1v) is 9.78. The number of thiophene rings is 1. The Kier molecular flexibility index (Phi) is 5.56.